The van der Waals surface area contributed by atoms with Crippen LogP contribution >= 0.6 is 0 Å². The summed E-state index contributed by atoms with van der Waals surface area (Å²) in [6.07, 6.45) is 0. The van der Waals surface area contributed by atoms with Crippen molar-refractivity contribution >= 4 is 0 Å². The van der Waals surface area contributed by atoms with E-state index in [1.54, 1.807) is 12.1 Å². The molecule has 2 aromatic rings. The minimum atomic E-state index is -0.176. The second kappa shape index (κ2) is 7.06. The Labute approximate surface area is 119 Å². The van der Waals surface area contributed by atoms with Gasteiger partial charge in [0.05, 0.1) is 6.61 Å². The van der Waals surface area contributed by atoms with Crippen LogP contribution in [0.2, 0.25) is 0 Å². The zero-order chi connectivity index (χ0) is 14.4. The molecule has 2 nitrogen and oxygen atoms in total. The lowest BCUT2D eigenvalue weighted by Gasteiger charge is -2.18. The molecule has 0 spiro atoms. The monoisotopic (exact) mass is 273 g/mol. The lowest BCUT2D eigenvalue weighted by molar-refractivity contribution is 0.332. The number of rotatable bonds is 6. The van der Waals surface area contributed by atoms with Gasteiger partial charge < -0.3 is 10.1 Å². The molecule has 0 radical (unpaired) electrons. The highest BCUT2D eigenvalue weighted by Crippen LogP contribution is 2.25. The van der Waals surface area contributed by atoms with Gasteiger partial charge in [0, 0.05) is 23.7 Å². The Morgan fingerprint density at radius 1 is 1.10 bits per heavy atom. The van der Waals surface area contributed by atoms with E-state index in [2.05, 4.69) is 12.2 Å². The van der Waals surface area contributed by atoms with Crippen molar-refractivity contribution in [3.8, 4) is 5.75 Å². The largest absolute Gasteiger partial charge is 0.494 e. The third-order valence-electron chi connectivity index (χ3n) is 3.24. The summed E-state index contributed by atoms with van der Waals surface area (Å²) in [7, 11) is 0. The summed E-state index contributed by atoms with van der Waals surface area (Å²) >= 11 is 0. The molecule has 20 heavy (non-hydrogen) atoms. The maximum atomic E-state index is 13.6. The van der Waals surface area contributed by atoms with E-state index in [1.165, 1.54) is 6.07 Å². The van der Waals surface area contributed by atoms with E-state index in [-0.39, 0.29) is 11.9 Å². The highest BCUT2D eigenvalue weighted by Gasteiger charge is 2.11. The van der Waals surface area contributed by atoms with Crippen LogP contribution in [0.1, 0.15) is 31.0 Å². The van der Waals surface area contributed by atoms with Gasteiger partial charge in [0.2, 0.25) is 0 Å². The first kappa shape index (κ1) is 14.5. The van der Waals surface area contributed by atoms with E-state index < -0.39 is 0 Å². The summed E-state index contributed by atoms with van der Waals surface area (Å²) in [5.74, 6) is 0.703. The molecule has 0 fully saturated rings. The SMILES string of the molecule is CCOc1ccccc1C(C)NCc1ccccc1F. The van der Waals surface area contributed by atoms with Crippen LogP contribution in [0.4, 0.5) is 4.39 Å². The molecule has 3 heteroatoms. The molecule has 0 saturated heterocycles. The number of ether oxygens (including phenoxy) is 1. The van der Waals surface area contributed by atoms with Crippen LogP contribution in [-0.2, 0) is 6.54 Å². The fourth-order valence-corrected chi connectivity index (χ4v) is 2.14. The van der Waals surface area contributed by atoms with Gasteiger partial charge in [0.15, 0.2) is 0 Å². The molecule has 0 aliphatic carbocycles. The van der Waals surface area contributed by atoms with Crippen molar-refractivity contribution in [2.24, 2.45) is 0 Å². The van der Waals surface area contributed by atoms with Gasteiger partial charge in [-0.2, -0.15) is 0 Å². The normalized spacial score (nSPS) is 12.2. The van der Waals surface area contributed by atoms with Crippen molar-refractivity contribution in [1.82, 2.24) is 5.32 Å². The molecule has 1 unspecified atom stereocenters. The third-order valence-corrected chi connectivity index (χ3v) is 3.24. The summed E-state index contributed by atoms with van der Waals surface area (Å²) in [6, 6.07) is 14.9. The highest BCUT2D eigenvalue weighted by molar-refractivity contribution is 5.35. The molecule has 0 aliphatic rings. The van der Waals surface area contributed by atoms with E-state index in [0.29, 0.717) is 18.7 Å². The first-order valence-corrected chi connectivity index (χ1v) is 6.91. The van der Waals surface area contributed by atoms with Gasteiger partial charge in [-0.15, -0.1) is 0 Å². The summed E-state index contributed by atoms with van der Waals surface area (Å²) < 4.78 is 19.2. The second-order valence-electron chi connectivity index (χ2n) is 4.66. The average molecular weight is 273 g/mol. The first-order chi connectivity index (χ1) is 9.72. The average Bonchev–Trinajstić information content (AvgIpc) is 2.47. The van der Waals surface area contributed by atoms with Crippen molar-refractivity contribution in [3.05, 3.63) is 65.5 Å². The van der Waals surface area contributed by atoms with E-state index >= 15 is 0 Å². The van der Waals surface area contributed by atoms with Crippen molar-refractivity contribution in [2.45, 2.75) is 26.4 Å². The van der Waals surface area contributed by atoms with E-state index in [0.717, 1.165) is 11.3 Å². The van der Waals surface area contributed by atoms with Crippen molar-refractivity contribution in [3.63, 3.8) is 0 Å². The van der Waals surface area contributed by atoms with Gasteiger partial charge >= 0.3 is 0 Å². The van der Waals surface area contributed by atoms with E-state index in [4.69, 9.17) is 4.74 Å². The quantitative estimate of drug-likeness (QED) is 0.856. The molecule has 2 aromatic carbocycles. The van der Waals surface area contributed by atoms with Gasteiger partial charge in [-0.1, -0.05) is 36.4 Å². The van der Waals surface area contributed by atoms with E-state index in [9.17, 15) is 4.39 Å². The fourth-order valence-electron chi connectivity index (χ4n) is 2.14. The number of hydrogen-bond acceptors (Lipinski definition) is 2. The molecular formula is C17H20FNO. The van der Waals surface area contributed by atoms with Crippen molar-refractivity contribution in [1.29, 1.82) is 0 Å². The maximum absolute atomic E-state index is 13.6. The standard InChI is InChI=1S/C17H20FNO/c1-3-20-17-11-7-5-9-15(17)13(2)19-12-14-8-4-6-10-16(14)18/h4-11,13,19H,3,12H2,1-2H3. The Bertz CT molecular complexity index is 556. The topological polar surface area (TPSA) is 21.3 Å². The van der Waals surface area contributed by atoms with Gasteiger partial charge in [-0.3, -0.25) is 0 Å². The highest BCUT2D eigenvalue weighted by atomic mass is 19.1. The predicted octanol–water partition coefficient (Wildman–Crippen LogP) is 4.08. The molecule has 0 saturated carbocycles. The van der Waals surface area contributed by atoms with Crippen LogP contribution in [0, 0.1) is 5.82 Å². The number of hydrogen-bond donors (Lipinski definition) is 1. The Kier molecular flexibility index (Phi) is 5.13. The van der Waals surface area contributed by atoms with Crippen molar-refractivity contribution < 1.29 is 9.13 Å². The first-order valence-electron chi connectivity index (χ1n) is 6.91. The molecule has 0 bridgehead atoms. The molecule has 106 valence electrons. The van der Waals surface area contributed by atoms with Crippen LogP contribution in [-0.4, -0.2) is 6.61 Å². The summed E-state index contributed by atoms with van der Waals surface area (Å²) in [5.41, 5.74) is 1.76. The van der Waals surface area contributed by atoms with Crippen LogP contribution in [0.25, 0.3) is 0 Å². The Balaban J connectivity index is 2.05. The van der Waals surface area contributed by atoms with Gasteiger partial charge in [-0.25, -0.2) is 4.39 Å². The lowest BCUT2D eigenvalue weighted by Crippen LogP contribution is -2.19. The third kappa shape index (κ3) is 3.58. The number of nitrogens with one attached hydrogen (secondary N) is 1. The fraction of sp³-hybridized carbons (Fsp3) is 0.294. The Morgan fingerprint density at radius 2 is 1.80 bits per heavy atom. The molecule has 0 aromatic heterocycles. The van der Waals surface area contributed by atoms with E-state index in [1.807, 2.05) is 37.3 Å². The molecule has 0 amide bonds. The summed E-state index contributed by atoms with van der Waals surface area (Å²) in [4.78, 5) is 0. The molecule has 2 rings (SSSR count). The molecule has 1 atom stereocenters. The van der Waals surface area contributed by atoms with Crippen LogP contribution < -0.4 is 10.1 Å². The molecule has 0 aliphatic heterocycles. The van der Waals surface area contributed by atoms with Crippen molar-refractivity contribution in [2.75, 3.05) is 6.61 Å². The zero-order valence-corrected chi connectivity index (χ0v) is 11.9. The number of halogens is 1. The Morgan fingerprint density at radius 3 is 2.55 bits per heavy atom. The summed E-state index contributed by atoms with van der Waals surface area (Å²) in [6.45, 7) is 5.15. The lowest BCUT2D eigenvalue weighted by atomic mass is 10.1. The predicted molar refractivity (Wildman–Crippen MR) is 79.3 cm³/mol. The maximum Gasteiger partial charge on any atom is 0.127 e. The molecular weight excluding hydrogens is 253 g/mol. The summed E-state index contributed by atoms with van der Waals surface area (Å²) in [5, 5.41) is 3.33. The Hall–Kier alpha value is -1.87. The minimum Gasteiger partial charge on any atom is -0.494 e. The molecule has 0 heterocycles. The van der Waals surface area contributed by atoms with Crippen LogP contribution in [0.5, 0.6) is 5.75 Å². The smallest absolute Gasteiger partial charge is 0.127 e. The van der Waals surface area contributed by atoms with Gasteiger partial charge in [0.1, 0.15) is 11.6 Å². The van der Waals surface area contributed by atoms with Gasteiger partial charge in [0.25, 0.3) is 0 Å². The number of benzene rings is 2. The molecule has 1 N–H and O–H groups in total. The van der Waals surface area contributed by atoms with Gasteiger partial charge in [-0.05, 0) is 26.0 Å². The minimum absolute atomic E-state index is 0.0948. The van der Waals surface area contributed by atoms with Crippen LogP contribution in [0.3, 0.4) is 0 Å². The van der Waals surface area contributed by atoms with Crippen LogP contribution in [0.15, 0.2) is 48.5 Å². The number of para-hydroxylation sites is 1. The second-order valence-corrected chi connectivity index (χ2v) is 4.66. The zero-order valence-electron chi connectivity index (χ0n) is 11.9.